The van der Waals surface area contributed by atoms with Gasteiger partial charge in [0.1, 0.15) is 12.4 Å². The van der Waals surface area contributed by atoms with Crippen LogP contribution in [0.2, 0.25) is 0 Å². The van der Waals surface area contributed by atoms with Gasteiger partial charge in [0.2, 0.25) is 0 Å². The first-order valence-corrected chi connectivity index (χ1v) is 12.7. The molecule has 192 valence electrons. The van der Waals surface area contributed by atoms with Crippen LogP contribution in [0.5, 0.6) is 5.75 Å². The Morgan fingerprint density at radius 3 is 2.13 bits per heavy atom. The Morgan fingerprint density at radius 1 is 0.842 bits per heavy atom. The highest BCUT2D eigenvalue weighted by Gasteiger charge is 2.40. The van der Waals surface area contributed by atoms with Crippen molar-refractivity contribution in [3.63, 3.8) is 0 Å². The first kappa shape index (κ1) is 25.1. The highest BCUT2D eigenvalue weighted by molar-refractivity contribution is 6.44. The zero-order valence-corrected chi connectivity index (χ0v) is 22.2. The number of nitrogens with zero attached hydrogens (tertiary/aromatic N) is 4. The number of aryl methyl sites for hydroxylation is 1. The zero-order chi connectivity index (χ0) is 26.6. The first-order chi connectivity index (χ1) is 18.4. The molecular weight excluding hydrogens is 472 g/mol. The maximum atomic E-state index is 13.0. The van der Waals surface area contributed by atoms with Gasteiger partial charge in [-0.2, -0.15) is 0 Å². The number of ketones is 1. The molecular formula is C32H32N4O2. The molecule has 0 bridgehead atoms. The highest BCUT2D eigenvalue weighted by atomic mass is 16.5. The molecule has 1 aliphatic heterocycles. The van der Waals surface area contributed by atoms with Crippen LogP contribution in [0, 0.1) is 6.92 Å². The lowest BCUT2D eigenvalue weighted by molar-refractivity contribution is -0.111. The van der Waals surface area contributed by atoms with Crippen molar-refractivity contribution >= 4 is 28.7 Å². The largest absolute Gasteiger partial charge is 0.488 e. The number of hydrazone groups is 1. The van der Waals surface area contributed by atoms with Gasteiger partial charge in [-0.3, -0.25) is 9.69 Å². The number of benzene rings is 4. The van der Waals surface area contributed by atoms with E-state index in [9.17, 15) is 4.79 Å². The molecule has 4 aromatic rings. The molecule has 0 N–H and O–H groups in total. The van der Waals surface area contributed by atoms with Crippen LogP contribution in [-0.4, -0.2) is 25.7 Å². The molecule has 4 aromatic carbocycles. The average molecular weight is 505 g/mol. The van der Waals surface area contributed by atoms with Crippen molar-refractivity contribution in [1.29, 1.82) is 0 Å². The smallest absolute Gasteiger partial charge is 0.198 e. The van der Waals surface area contributed by atoms with Gasteiger partial charge in [-0.1, -0.05) is 66.2 Å². The number of carbonyl (C=O) groups is 1. The van der Waals surface area contributed by atoms with E-state index < -0.39 is 6.17 Å². The molecule has 0 fully saturated rings. The summed E-state index contributed by atoms with van der Waals surface area (Å²) < 4.78 is 6.37. The number of rotatable bonds is 8. The fraction of sp³-hybridized carbons (Fsp3) is 0.188. The highest BCUT2D eigenvalue weighted by Crippen LogP contribution is 2.42. The lowest BCUT2D eigenvalue weighted by Crippen LogP contribution is -2.38. The van der Waals surface area contributed by atoms with Crippen LogP contribution in [0.15, 0.2) is 108 Å². The van der Waals surface area contributed by atoms with Crippen LogP contribution >= 0.6 is 0 Å². The normalized spacial score (nSPS) is 14.8. The minimum atomic E-state index is -0.422. The Kier molecular flexibility index (Phi) is 7.13. The summed E-state index contributed by atoms with van der Waals surface area (Å²) in [6, 6.07) is 34.5. The molecule has 38 heavy (non-hydrogen) atoms. The van der Waals surface area contributed by atoms with Gasteiger partial charge in [-0.25, -0.2) is 5.01 Å². The maximum absolute atomic E-state index is 13.0. The Bertz CT molecular complexity index is 1430. The van der Waals surface area contributed by atoms with E-state index in [4.69, 9.17) is 9.84 Å². The number of ether oxygens (including phenoxy) is 1. The van der Waals surface area contributed by atoms with Gasteiger partial charge >= 0.3 is 0 Å². The van der Waals surface area contributed by atoms with Crippen LogP contribution in [-0.2, 0) is 11.4 Å². The summed E-state index contributed by atoms with van der Waals surface area (Å²) in [5, 5.41) is 6.80. The van der Waals surface area contributed by atoms with E-state index in [1.807, 2.05) is 103 Å². The van der Waals surface area contributed by atoms with Crippen LogP contribution < -0.4 is 19.5 Å². The predicted molar refractivity (Wildman–Crippen MR) is 155 cm³/mol. The van der Waals surface area contributed by atoms with Crippen molar-refractivity contribution in [2.45, 2.75) is 26.6 Å². The number of Topliss-reactive ketones (excluding diaryl/α,β-unsaturated/α-hetero) is 1. The second-order valence-corrected chi connectivity index (χ2v) is 9.63. The van der Waals surface area contributed by atoms with E-state index in [2.05, 4.69) is 36.1 Å². The number of amidine groups is 1. The molecule has 1 heterocycles. The molecule has 0 saturated heterocycles. The number of para-hydroxylation sites is 1. The molecule has 1 atom stereocenters. The van der Waals surface area contributed by atoms with E-state index in [0.29, 0.717) is 12.4 Å². The third-order valence-corrected chi connectivity index (χ3v) is 6.60. The number of carbonyl (C=O) groups excluding carboxylic acids is 1. The van der Waals surface area contributed by atoms with E-state index in [0.717, 1.165) is 39.5 Å². The molecule has 1 aliphatic rings. The van der Waals surface area contributed by atoms with Gasteiger partial charge < -0.3 is 9.64 Å². The quantitative estimate of drug-likeness (QED) is 0.272. The molecule has 0 radical (unpaired) electrons. The fourth-order valence-corrected chi connectivity index (χ4v) is 4.57. The summed E-state index contributed by atoms with van der Waals surface area (Å²) in [6.07, 6.45) is -0.422. The summed E-state index contributed by atoms with van der Waals surface area (Å²) in [6.45, 7) is 4.06. The van der Waals surface area contributed by atoms with Crippen molar-refractivity contribution < 1.29 is 9.53 Å². The Hall–Kier alpha value is -4.58. The molecule has 0 spiro atoms. The summed E-state index contributed by atoms with van der Waals surface area (Å²) in [4.78, 5) is 17.0. The Labute approximate surface area is 224 Å². The van der Waals surface area contributed by atoms with Crippen molar-refractivity contribution in [2.75, 3.05) is 28.9 Å². The molecule has 6 nitrogen and oxygen atoms in total. The van der Waals surface area contributed by atoms with Gasteiger partial charge in [-0.05, 0) is 55.0 Å². The van der Waals surface area contributed by atoms with E-state index in [1.165, 1.54) is 0 Å². The lowest BCUT2D eigenvalue weighted by Gasteiger charge is -2.33. The van der Waals surface area contributed by atoms with Crippen molar-refractivity contribution in [3.8, 4) is 5.75 Å². The number of anilines is 3. The molecule has 0 aliphatic carbocycles. The molecule has 0 amide bonds. The molecule has 5 rings (SSSR count). The minimum Gasteiger partial charge on any atom is -0.488 e. The van der Waals surface area contributed by atoms with Crippen LogP contribution in [0.1, 0.15) is 29.8 Å². The van der Waals surface area contributed by atoms with E-state index in [-0.39, 0.29) is 5.78 Å². The van der Waals surface area contributed by atoms with Crippen LogP contribution in [0.3, 0.4) is 0 Å². The third kappa shape index (κ3) is 5.11. The monoisotopic (exact) mass is 504 g/mol. The number of hydrogen-bond donors (Lipinski definition) is 0. The molecule has 6 heteroatoms. The summed E-state index contributed by atoms with van der Waals surface area (Å²) in [5.74, 6) is 1.02. The standard InChI is InChI=1S/C32H32N4O2/c1-23-14-16-28(17-15-23)36-32(29-12-8-9-13-30(29)38-22-25-10-6-5-7-11-25)35(31(33-36)24(2)37)27-20-18-26(19-21-27)34(3)4/h5-21,32H,22H2,1-4H3/t32-/m0/s1. The van der Waals surface area contributed by atoms with Gasteiger partial charge in [0.25, 0.3) is 0 Å². The van der Waals surface area contributed by atoms with Crippen molar-refractivity contribution in [3.05, 3.63) is 120 Å². The SMILES string of the molecule is CC(=O)C1=NN(c2ccc(C)cc2)[C@@H](c2ccccc2OCc2ccccc2)N1c1ccc(N(C)C)cc1. The van der Waals surface area contributed by atoms with E-state index >= 15 is 0 Å². The van der Waals surface area contributed by atoms with Gasteiger partial charge in [-0.15, -0.1) is 5.10 Å². The summed E-state index contributed by atoms with van der Waals surface area (Å²) >= 11 is 0. The van der Waals surface area contributed by atoms with Gasteiger partial charge in [0.15, 0.2) is 17.8 Å². The topological polar surface area (TPSA) is 48.4 Å². The second kappa shape index (κ2) is 10.8. The molecule has 0 saturated carbocycles. The zero-order valence-electron chi connectivity index (χ0n) is 22.2. The Balaban J connectivity index is 1.62. The average Bonchev–Trinajstić information content (AvgIpc) is 3.34. The van der Waals surface area contributed by atoms with Gasteiger partial charge in [0.05, 0.1) is 5.69 Å². The maximum Gasteiger partial charge on any atom is 0.198 e. The van der Waals surface area contributed by atoms with E-state index in [1.54, 1.807) is 6.92 Å². The lowest BCUT2D eigenvalue weighted by atomic mass is 10.1. The minimum absolute atomic E-state index is 0.107. The Morgan fingerprint density at radius 2 is 1.47 bits per heavy atom. The van der Waals surface area contributed by atoms with Gasteiger partial charge in [0, 0.05) is 38.0 Å². The number of hydrogen-bond acceptors (Lipinski definition) is 6. The first-order valence-electron chi connectivity index (χ1n) is 12.7. The van der Waals surface area contributed by atoms with Crippen molar-refractivity contribution in [2.24, 2.45) is 5.10 Å². The van der Waals surface area contributed by atoms with Crippen LogP contribution in [0.4, 0.5) is 17.1 Å². The molecule has 0 aromatic heterocycles. The third-order valence-electron chi connectivity index (χ3n) is 6.60. The fourth-order valence-electron chi connectivity index (χ4n) is 4.57. The second-order valence-electron chi connectivity index (χ2n) is 9.63. The summed E-state index contributed by atoms with van der Waals surface area (Å²) in [5.41, 5.74) is 6.00. The molecule has 0 unspecified atom stereocenters. The predicted octanol–water partition coefficient (Wildman–Crippen LogP) is 6.57. The van der Waals surface area contributed by atoms with Crippen LogP contribution in [0.25, 0.3) is 0 Å². The van der Waals surface area contributed by atoms with Crippen molar-refractivity contribution in [1.82, 2.24) is 0 Å². The summed E-state index contributed by atoms with van der Waals surface area (Å²) in [7, 11) is 4.02.